The summed E-state index contributed by atoms with van der Waals surface area (Å²) >= 11 is 5.93. The molecule has 2 N–H and O–H groups in total. The first-order valence-corrected chi connectivity index (χ1v) is 7.47. The van der Waals surface area contributed by atoms with Gasteiger partial charge in [-0.25, -0.2) is 0 Å². The maximum atomic E-state index is 12.2. The topological polar surface area (TPSA) is 66.4 Å². The van der Waals surface area contributed by atoms with Crippen molar-refractivity contribution in [1.29, 1.82) is 0 Å². The van der Waals surface area contributed by atoms with E-state index < -0.39 is 11.5 Å². The normalized spacial score (nSPS) is 19.7. The number of hydrogen-bond acceptors (Lipinski definition) is 3. The number of aliphatic hydroxyl groups is 1. The van der Waals surface area contributed by atoms with Crippen molar-refractivity contribution in [3.63, 3.8) is 0 Å². The Kier molecular flexibility index (Phi) is 4.03. The van der Waals surface area contributed by atoms with Crippen molar-refractivity contribution in [2.75, 3.05) is 5.32 Å². The summed E-state index contributed by atoms with van der Waals surface area (Å²) in [6.07, 6.45) is 2.68. The Morgan fingerprint density at radius 2 is 1.96 bits per heavy atom. The Bertz CT molecular complexity index is 801. The van der Waals surface area contributed by atoms with Crippen molar-refractivity contribution < 1.29 is 14.7 Å². The molecule has 1 amide bonds. The molecule has 0 fully saturated rings. The lowest BCUT2D eigenvalue weighted by Gasteiger charge is -2.19. The Balaban J connectivity index is 1.82. The average molecular weight is 328 g/mol. The molecule has 1 unspecified atom stereocenters. The van der Waals surface area contributed by atoms with Crippen molar-refractivity contribution in [3.05, 3.63) is 70.8 Å². The van der Waals surface area contributed by atoms with Crippen LogP contribution < -0.4 is 5.32 Å². The van der Waals surface area contributed by atoms with Crippen LogP contribution >= 0.6 is 11.6 Å². The molecular formula is C18H14ClNO3. The standard InChI is InChI=1S/C18H14ClNO3/c19-13-7-9-16-15(10-13)18(23,17(22)20-16)11-14(21)8-6-12-4-2-1-3-5-12/h1-10,23H,11H2,(H,20,22)/b8-6+. The van der Waals surface area contributed by atoms with Crippen molar-refractivity contribution >= 4 is 35.1 Å². The van der Waals surface area contributed by atoms with E-state index in [1.807, 2.05) is 30.3 Å². The molecule has 0 radical (unpaired) electrons. The highest BCUT2D eigenvalue weighted by molar-refractivity contribution is 6.31. The summed E-state index contributed by atoms with van der Waals surface area (Å²) in [6.45, 7) is 0. The van der Waals surface area contributed by atoms with Crippen molar-refractivity contribution in [2.45, 2.75) is 12.0 Å². The van der Waals surface area contributed by atoms with Crippen molar-refractivity contribution in [2.24, 2.45) is 0 Å². The van der Waals surface area contributed by atoms with Crippen molar-refractivity contribution in [3.8, 4) is 0 Å². The number of allylic oxidation sites excluding steroid dienone is 1. The molecule has 3 rings (SSSR count). The van der Waals surface area contributed by atoms with E-state index >= 15 is 0 Å². The van der Waals surface area contributed by atoms with E-state index in [4.69, 9.17) is 11.6 Å². The second kappa shape index (κ2) is 5.99. The molecule has 2 aromatic carbocycles. The van der Waals surface area contributed by atoms with Gasteiger partial charge in [0.15, 0.2) is 11.4 Å². The number of hydrogen-bond donors (Lipinski definition) is 2. The summed E-state index contributed by atoms with van der Waals surface area (Å²) in [5, 5.41) is 13.6. The van der Waals surface area contributed by atoms with Gasteiger partial charge in [0, 0.05) is 16.3 Å². The van der Waals surface area contributed by atoms with Crippen LogP contribution in [0.25, 0.3) is 6.08 Å². The summed E-state index contributed by atoms with van der Waals surface area (Å²) in [5.41, 5.74) is -0.219. The monoisotopic (exact) mass is 327 g/mol. The fourth-order valence-corrected chi connectivity index (χ4v) is 2.73. The lowest BCUT2D eigenvalue weighted by molar-refractivity contribution is -0.138. The largest absolute Gasteiger partial charge is 0.375 e. The molecule has 1 aliphatic rings. The molecular weight excluding hydrogens is 314 g/mol. The molecule has 0 aromatic heterocycles. The van der Waals surface area contributed by atoms with Gasteiger partial charge in [-0.3, -0.25) is 9.59 Å². The van der Waals surface area contributed by atoms with Gasteiger partial charge in [-0.15, -0.1) is 0 Å². The maximum Gasteiger partial charge on any atom is 0.261 e. The minimum Gasteiger partial charge on any atom is -0.375 e. The van der Waals surface area contributed by atoms with Gasteiger partial charge in [0.2, 0.25) is 0 Å². The zero-order valence-corrected chi connectivity index (χ0v) is 12.9. The zero-order valence-electron chi connectivity index (χ0n) is 12.1. The SMILES string of the molecule is O=C(/C=C/c1ccccc1)CC1(O)C(=O)Nc2ccc(Cl)cc21. The number of fused-ring (bicyclic) bond motifs is 1. The van der Waals surface area contributed by atoms with Crippen LogP contribution in [0.1, 0.15) is 17.5 Å². The highest BCUT2D eigenvalue weighted by Gasteiger charge is 2.46. The molecule has 4 nitrogen and oxygen atoms in total. The Morgan fingerprint density at radius 1 is 1.22 bits per heavy atom. The molecule has 1 aliphatic heterocycles. The second-order valence-corrected chi connectivity index (χ2v) is 5.83. The van der Waals surface area contributed by atoms with Crippen LogP contribution in [-0.4, -0.2) is 16.8 Å². The van der Waals surface area contributed by atoms with Gasteiger partial charge in [-0.2, -0.15) is 0 Å². The number of anilines is 1. The highest BCUT2D eigenvalue weighted by atomic mass is 35.5. The first kappa shape index (κ1) is 15.5. The van der Waals surface area contributed by atoms with Gasteiger partial charge in [0.05, 0.1) is 6.42 Å². The molecule has 2 aromatic rings. The smallest absolute Gasteiger partial charge is 0.261 e. The van der Waals surface area contributed by atoms with E-state index in [0.29, 0.717) is 16.3 Å². The highest BCUT2D eigenvalue weighted by Crippen LogP contribution is 2.39. The van der Waals surface area contributed by atoms with Crippen LogP contribution in [0.15, 0.2) is 54.6 Å². The third kappa shape index (κ3) is 3.04. The third-order valence-corrected chi connectivity index (χ3v) is 3.98. The minimum atomic E-state index is -1.89. The molecule has 1 heterocycles. The number of halogens is 1. The maximum absolute atomic E-state index is 12.2. The molecule has 0 saturated heterocycles. The van der Waals surface area contributed by atoms with Gasteiger partial charge < -0.3 is 10.4 Å². The van der Waals surface area contributed by atoms with Crippen LogP contribution in [0.3, 0.4) is 0 Å². The molecule has 0 aliphatic carbocycles. The zero-order chi connectivity index (χ0) is 16.4. The quantitative estimate of drug-likeness (QED) is 0.848. The number of rotatable bonds is 4. The average Bonchev–Trinajstić information content (AvgIpc) is 2.78. The van der Waals surface area contributed by atoms with Gasteiger partial charge in [-0.1, -0.05) is 48.0 Å². The molecule has 116 valence electrons. The predicted octanol–water partition coefficient (Wildman–Crippen LogP) is 3.15. The van der Waals surface area contributed by atoms with Crippen LogP contribution in [0.5, 0.6) is 0 Å². The summed E-state index contributed by atoms with van der Waals surface area (Å²) in [4.78, 5) is 24.3. The fourth-order valence-electron chi connectivity index (χ4n) is 2.56. The minimum absolute atomic E-state index is 0.330. The number of ketones is 1. The van der Waals surface area contributed by atoms with E-state index in [1.165, 1.54) is 12.1 Å². The molecule has 0 bridgehead atoms. The summed E-state index contributed by atoms with van der Waals surface area (Å²) in [6, 6.07) is 14.0. The number of benzene rings is 2. The number of carbonyl (C=O) groups excluding carboxylic acids is 2. The van der Waals surface area contributed by atoms with Crippen molar-refractivity contribution in [1.82, 2.24) is 0 Å². The number of amides is 1. The summed E-state index contributed by atoms with van der Waals surface area (Å²) in [7, 11) is 0. The second-order valence-electron chi connectivity index (χ2n) is 5.39. The van der Waals surface area contributed by atoms with Crippen LogP contribution in [0.4, 0.5) is 5.69 Å². The predicted molar refractivity (Wildman–Crippen MR) is 89.1 cm³/mol. The summed E-state index contributed by atoms with van der Waals surface area (Å²) in [5.74, 6) is -0.962. The molecule has 1 atom stereocenters. The van der Waals surface area contributed by atoms with E-state index in [0.717, 1.165) is 5.56 Å². The van der Waals surface area contributed by atoms with Crippen LogP contribution in [0.2, 0.25) is 5.02 Å². The Hall–Kier alpha value is -2.43. The Labute approximate surface area is 138 Å². The molecule has 0 saturated carbocycles. The van der Waals surface area contributed by atoms with E-state index in [1.54, 1.807) is 18.2 Å². The van der Waals surface area contributed by atoms with E-state index in [9.17, 15) is 14.7 Å². The van der Waals surface area contributed by atoms with Gasteiger partial charge in [0.25, 0.3) is 5.91 Å². The van der Waals surface area contributed by atoms with Gasteiger partial charge in [0.1, 0.15) is 0 Å². The van der Waals surface area contributed by atoms with Crippen LogP contribution in [-0.2, 0) is 15.2 Å². The molecule has 23 heavy (non-hydrogen) atoms. The molecule has 0 spiro atoms. The first-order chi connectivity index (χ1) is 11.0. The third-order valence-electron chi connectivity index (χ3n) is 3.74. The molecule has 5 heteroatoms. The van der Waals surface area contributed by atoms with E-state index in [-0.39, 0.29) is 12.2 Å². The number of nitrogens with one attached hydrogen (secondary N) is 1. The summed E-state index contributed by atoms with van der Waals surface area (Å²) < 4.78 is 0. The van der Waals surface area contributed by atoms with Crippen LogP contribution in [0, 0.1) is 0 Å². The van der Waals surface area contributed by atoms with Gasteiger partial charge in [-0.05, 0) is 29.8 Å². The lowest BCUT2D eigenvalue weighted by Crippen LogP contribution is -2.36. The number of carbonyl (C=O) groups is 2. The lowest BCUT2D eigenvalue weighted by atomic mass is 9.89. The Morgan fingerprint density at radius 3 is 2.70 bits per heavy atom. The van der Waals surface area contributed by atoms with E-state index in [2.05, 4.69) is 5.32 Å². The van der Waals surface area contributed by atoms with Gasteiger partial charge >= 0.3 is 0 Å². The first-order valence-electron chi connectivity index (χ1n) is 7.09. The fraction of sp³-hybridized carbons (Fsp3) is 0.111.